The van der Waals surface area contributed by atoms with Gasteiger partial charge in [-0.25, -0.2) is 0 Å². The molecule has 6 nitrogen and oxygen atoms in total. The molecule has 0 atom stereocenters. The summed E-state index contributed by atoms with van der Waals surface area (Å²) in [6.45, 7) is 5.18. The molecule has 152 valence electrons. The second-order valence-electron chi connectivity index (χ2n) is 7.24. The van der Waals surface area contributed by atoms with E-state index < -0.39 is 0 Å². The molecular weight excluding hydrogens is 368 g/mol. The van der Waals surface area contributed by atoms with Gasteiger partial charge in [-0.3, -0.25) is 19.3 Å². The number of amides is 3. The fraction of sp³-hybridized carbons (Fsp3) is 0.348. The van der Waals surface area contributed by atoms with E-state index in [-0.39, 0.29) is 30.7 Å². The van der Waals surface area contributed by atoms with Crippen LogP contribution in [0.5, 0.6) is 5.75 Å². The molecule has 1 aliphatic rings. The van der Waals surface area contributed by atoms with Gasteiger partial charge in [-0.2, -0.15) is 0 Å². The zero-order valence-corrected chi connectivity index (χ0v) is 17.1. The first-order chi connectivity index (χ1) is 13.9. The summed E-state index contributed by atoms with van der Waals surface area (Å²) >= 11 is 0. The molecule has 0 unspecified atom stereocenters. The minimum atomic E-state index is -0.278. The molecule has 0 aromatic heterocycles. The van der Waals surface area contributed by atoms with E-state index in [1.807, 2.05) is 44.2 Å². The maximum Gasteiger partial charge on any atom is 0.261 e. The van der Waals surface area contributed by atoms with Crippen molar-refractivity contribution < 1.29 is 19.1 Å². The van der Waals surface area contributed by atoms with Gasteiger partial charge in [-0.15, -0.1) is 0 Å². The van der Waals surface area contributed by atoms with Crippen LogP contribution in [0.3, 0.4) is 0 Å². The van der Waals surface area contributed by atoms with Gasteiger partial charge in [0.2, 0.25) is 5.91 Å². The first-order valence-electron chi connectivity index (χ1n) is 9.83. The lowest BCUT2D eigenvalue weighted by Gasteiger charge is -2.19. The van der Waals surface area contributed by atoms with Crippen LogP contribution in [0.1, 0.15) is 51.6 Å². The van der Waals surface area contributed by atoms with Crippen LogP contribution < -0.4 is 4.74 Å². The minimum Gasteiger partial charge on any atom is -0.494 e. The molecular formula is C23H26N2O4. The smallest absolute Gasteiger partial charge is 0.261 e. The monoisotopic (exact) mass is 394 g/mol. The van der Waals surface area contributed by atoms with Crippen molar-refractivity contribution in [1.82, 2.24) is 9.80 Å². The fourth-order valence-corrected chi connectivity index (χ4v) is 3.41. The average molecular weight is 394 g/mol. The third-order valence-corrected chi connectivity index (χ3v) is 4.98. The summed E-state index contributed by atoms with van der Waals surface area (Å²) in [6.07, 6.45) is 0.719. The number of rotatable bonds is 8. The highest BCUT2D eigenvalue weighted by Gasteiger charge is 2.35. The van der Waals surface area contributed by atoms with Crippen LogP contribution in [-0.4, -0.2) is 47.7 Å². The predicted molar refractivity (Wildman–Crippen MR) is 110 cm³/mol. The van der Waals surface area contributed by atoms with Gasteiger partial charge in [0.1, 0.15) is 5.75 Å². The number of hydrogen-bond acceptors (Lipinski definition) is 4. The third-order valence-electron chi connectivity index (χ3n) is 4.98. The summed E-state index contributed by atoms with van der Waals surface area (Å²) < 4.78 is 5.42. The average Bonchev–Trinajstić information content (AvgIpc) is 2.93. The van der Waals surface area contributed by atoms with Crippen LogP contribution in [0, 0.1) is 6.92 Å². The summed E-state index contributed by atoms with van der Waals surface area (Å²) in [4.78, 5) is 40.2. The van der Waals surface area contributed by atoms with Gasteiger partial charge in [-0.1, -0.05) is 23.8 Å². The van der Waals surface area contributed by atoms with E-state index in [9.17, 15) is 14.4 Å². The maximum atomic E-state index is 12.5. The van der Waals surface area contributed by atoms with E-state index in [1.54, 1.807) is 24.1 Å². The minimum absolute atomic E-state index is 0.0219. The Bertz CT molecular complexity index is 921. The van der Waals surface area contributed by atoms with Gasteiger partial charge >= 0.3 is 0 Å². The number of imide groups is 1. The quantitative estimate of drug-likeness (QED) is 0.644. The predicted octanol–water partition coefficient (Wildman–Crippen LogP) is 3.43. The molecule has 0 radical (unpaired) electrons. The molecule has 0 saturated carbocycles. The highest BCUT2D eigenvalue weighted by atomic mass is 16.5. The third kappa shape index (κ3) is 4.65. The van der Waals surface area contributed by atoms with Crippen LogP contribution in [0.25, 0.3) is 0 Å². The largest absolute Gasteiger partial charge is 0.494 e. The van der Waals surface area contributed by atoms with E-state index in [2.05, 4.69) is 0 Å². The summed E-state index contributed by atoms with van der Waals surface area (Å²) in [5.41, 5.74) is 2.85. The number of nitrogens with zero attached hydrogens (tertiary/aromatic N) is 2. The van der Waals surface area contributed by atoms with Crippen molar-refractivity contribution in [2.24, 2.45) is 0 Å². The van der Waals surface area contributed by atoms with E-state index in [0.29, 0.717) is 30.7 Å². The lowest BCUT2D eigenvalue weighted by Crippen LogP contribution is -2.32. The van der Waals surface area contributed by atoms with Crippen LogP contribution in [-0.2, 0) is 11.3 Å². The van der Waals surface area contributed by atoms with Crippen molar-refractivity contribution in [3.05, 3.63) is 64.7 Å². The Balaban J connectivity index is 1.49. The number of fused-ring (bicyclic) bond motifs is 1. The molecule has 3 amide bonds. The highest BCUT2D eigenvalue weighted by Crippen LogP contribution is 2.24. The second-order valence-corrected chi connectivity index (χ2v) is 7.24. The Morgan fingerprint density at radius 3 is 2.41 bits per heavy atom. The van der Waals surface area contributed by atoms with E-state index in [4.69, 9.17) is 4.74 Å². The molecule has 3 rings (SSSR count). The topological polar surface area (TPSA) is 66.9 Å². The molecule has 2 aromatic rings. The van der Waals surface area contributed by atoms with E-state index in [1.165, 1.54) is 4.90 Å². The van der Waals surface area contributed by atoms with Crippen LogP contribution >= 0.6 is 0 Å². The Morgan fingerprint density at radius 1 is 1.03 bits per heavy atom. The zero-order valence-electron chi connectivity index (χ0n) is 17.1. The molecule has 2 aromatic carbocycles. The van der Waals surface area contributed by atoms with Crippen molar-refractivity contribution in [2.45, 2.75) is 33.2 Å². The fourth-order valence-electron chi connectivity index (χ4n) is 3.41. The van der Waals surface area contributed by atoms with Gasteiger partial charge in [0.15, 0.2) is 0 Å². The molecule has 0 N–H and O–H groups in total. The standard InChI is InChI=1S/C23H26N2O4/c1-4-29-18-10-8-17(9-11-18)15-24(3)21(26)6-5-13-25-22(27)19-12-7-16(2)14-20(19)23(25)28/h7-12,14H,4-6,13,15H2,1-3H3. The highest BCUT2D eigenvalue weighted by molar-refractivity contribution is 6.21. The van der Waals surface area contributed by atoms with E-state index in [0.717, 1.165) is 16.9 Å². The Morgan fingerprint density at radius 2 is 1.72 bits per heavy atom. The zero-order chi connectivity index (χ0) is 21.0. The van der Waals surface area contributed by atoms with Gasteiger partial charge < -0.3 is 9.64 Å². The molecule has 0 spiro atoms. The molecule has 0 fully saturated rings. The van der Waals surface area contributed by atoms with Crippen LogP contribution in [0.2, 0.25) is 0 Å². The van der Waals surface area contributed by atoms with Crippen molar-refractivity contribution in [1.29, 1.82) is 0 Å². The van der Waals surface area contributed by atoms with Gasteiger partial charge in [0.05, 0.1) is 17.7 Å². The first kappa shape index (κ1) is 20.6. The van der Waals surface area contributed by atoms with Gasteiger partial charge in [-0.05, 0) is 50.1 Å². The Hall–Kier alpha value is -3.15. The summed E-state index contributed by atoms with van der Waals surface area (Å²) in [5.74, 6) is 0.233. The molecule has 0 bridgehead atoms. The second kappa shape index (κ2) is 8.90. The number of ether oxygens (including phenoxy) is 1. The molecule has 6 heteroatoms. The van der Waals surface area contributed by atoms with Crippen molar-refractivity contribution in [3.63, 3.8) is 0 Å². The van der Waals surface area contributed by atoms with Crippen molar-refractivity contribution in [3.8, 4) is 5.75 Å². The number of aryl methyl sites for hydroxylation is 1. The van der Waals surface area contributed by atoms with Crippen molar-refractivity contribution >= 4 is 17.7 Å². The number of carbonyl (C=O) groups excluding carboxylic acids is 3. The Kier molecular flexibility index (Phi) is 6.32. The lowest BCUT2D eigenvalue weighted by molar-refractivity contribution is -0.130. The van der Waals surface area contributed by atoms with Gasteiger partial charge in [0, 0.05) is 26.6 Å². The molecule has 29 heavy (non-hydrogen) atoms. The number of carbonyl (C=O) groups is 3. The summed E-state index contributed by atoms with van der Waals surface area (Å²) in [6, 6.07) is 12.9. The lowest BCUT2D eigenvalue weighted by atomic mass is 10.1. The number of benzene rings is 2. The van der Waals surface area contributed by atoms with Crippen LogP contribution in [0.15, 0.2) is 42.5 Å². The summed E-state index contributed by atoms with van der Waals surface area (Å²) in [5, 5.41) is 0. The molecule has 1 aliphatic heterocycles. The van der Waals surface area contributed by atoms with Crippen molar-refractivity contribution in [2.75, 3.05) is 20.2 Å². The van der Waals surface area contributed by atoms with E-state index >= 15 is 0 Å². The first-order valence-corrected chi connectivity index (χ1v) is 9.83. The SMILES string of the molecule is CCOc1ccc(CN(C)C(=O)CCCN2C(=O)c3ccc(C)cc3C2=O)cc1. The summed E-state index contributed by atoms with van der Waals surface area (Å²) in [7, 11) is 1.75. The molecule has 1 heterocycles. The number of hydrogen-bond donors (Lipinski definition) is 0. The van der Waals surface area contributed by atoms with Gasteiger partial charge in [0.25, 0.3) is 11.8 Å². The molecule has 0 aliphatic carbocycles. The Labute approximate surface area is 171 Å². The van der Waals surface area contributed by atoms with Crippen LogP contribution in [0.4, 0.5) is 0 Å². The maximum absolute atomic E-state index is 12.5. The molecule has 0 saturated heterocycles. The normalized spacial score (nSPS) is 12.9.